The molecule has 1 aromatic heterocycles. The third-order valence-corrected chi connectivity index (χ3v) is 6.25. The van der Waals surface area contributed by atoms with E-state index in [1.54, 1.807) is 17.9 Å². The normalized spacial score (nSPS) is 15.7. The van der Waals surface area contributed by atoms with Crippen LogP contribution in [-0.4, -0.2) is 65.9 Å². The fraction of sp³-hybridized carbons (Fsp3) is 0.353. The smallest absolute Gasteiger partial charge is 0.335 e. The minimum atomic E-state index is -3.73. The molecule has 0 atom stereocenters. The molecule has 0 aliphatic carbocycles. The number of rotatable bonds is 5. The molecule has 1 saturated heterocycles. The number of piperazine rings is 1. The third-order valence-electron chi connectivity index (χ3n) is 4.34. The maximum atomic E-state index is 12.7. The van der Waals surface area contributed by atoms with Gasteiger partial charge in [0.15, 0.2) is 0 Å². The van der Waals surface area contributed by atoms with E-state index in [1.807, 2.05) is 0 Å². The first-order chi connectivity index (χ1) is 12.8. The van der Waals surface area contributed by atoms with Gasteiger partial charge in [0.2, 0.25) is 15.9 Å². The number of sulfonamides is 1. The number of amides is 1. The van der Waals surface area contributed by atoms with Crippen LogP contribution in [0.5, 0.6) is 0 Å². The molecule has 0 spiro atoms. The summed E-state index contributed by atoms with van der Waals surface area (Å²) in [5, 5.41) is 12.7. The first-order valence-corrected chi connectivity index (χ1v) is 9.75. The van der Waals surface area contributed by atoms with Crippen molar-refractivity contribution in [2.24, 2.45) is 0 Å². The third kappa shape index (κ3) is 4.17. The van der Waals surface area contributed by atoms with Gasteiger partial charge in [-0.05, 0) is 31.2 Å². The van der Waals surface area contributed by atoms with E-state index < -0.39 is 16.0 Å². The number of carboxylic acid groups (broad SMARTS) is 1. The van der Waals surface area contributed by atoms with Crippen molar-refractivity contribution in [1.29, 1.82) is 0 Å². The van der Waals surface area contributed by atoms with Crippen molar-refractivity contribution in [2.75, 3.05) is 26.2 Å². The molecule has 2 aromatic rings. The summed E-state index contributed by atoms with van der Waals surface area (Å²) < 4.78 is 31.6. The summed E-state index contributed by atoms with van der Waals surface area (Å²) in [6.07, 6.45) is 0.112. The molecule has 27 heavy (non-hydrogen) atoms. The predicted octanol–water partition coefficient (Wildman–Crippen LogP) is 0.757. The van der Waals surface area contributed by atoms with Crippen molar-refractivity contribution in [3.8, 4) is 0 Å². The largest absolute Gasteiger partial charge is 0.478 e. The topological polar surface area (TPSA) is 121 Å². The van der Waals surface area contributed by atoms with Gasteiger partial charge in [0.05, 0.1) is 22.6 Å². The summed E-state index contributed by atoms with van der Waals surface area (Å²) in [5.41, 5.74) is 0.568. The van der Waals surface area contributed by atoms with Crippen LogP contribution in [0.25, 0.3) is 0 Å². The van der Waals surface area contributed by atoms with E-state index in [0.717, 1.165) is 0 Å². The molecule has 10 heteroatoms. The van der Waals surface area contributed by atoms with Crippen LogP contribution in [0.4, 0.5) is 0 Å². The van der Waals surface area contributed by atoms with Gasteiger partial charge in [0, 0.05) is 32.2 Å². The van der Waals surface area contributed by atoms with Gasteiger partial charge in [0.1, 0.15) is 5.76 Å². The molecule has 0 unspecified atom stereocenters. The predicted molar refractivity (Wildman–Crippen MR) is 93.7 cm³/mol. The number of carbonyl (C=O) groups excluding carboxylic acids is 1. The van der Waals surface area contributed by atoms with Crippen LogP contribution < -0.4 is 0 Å². The van der Waals surface area contributed by atoms with Crippen LogP contribution in [0.2, 0.25) is 0 Å². The molecular weight excluding hydrogens is 374 g/mol. The fourth-order valence-electron chi connectivity index (χ4n) is 2.86. The van der Waals surface area contributed by atoms with E-state index in [4.69, 9.17) is 9.63 Å². The maximum absolute atomic E-state index is 12.7. The number of benzene rings is 1. The molecule has 1 aliphatic rings. The fourth-order valence-corrected chi connectivity index (χ4v) is 4.29. The molecule has 0 saturated carbocycles. The Labute approximate surface area is 156 Å². The van der Waals surface area contributed by atoms with E-state index in [1.165, 1.54) is 28.6 Å². The Morgan fingerprint density at radius 1 is 1.15 bits per heavy atom. The van der Waals surface area contributed by atoms with E-state index >= 15 is 0 Å². The van der Waals surface area contributed by atoms with Gasteiger partial charge in [-0.15, -0.1) is 0 Å². The number of carbonyl (C=O) groups is 2. The summed E-state index contributed by atoms with van der Waals surface area (Å²) in [5.74, 6) is -0.623. The first-order valence-electron chi connectivity index (χ1n) is 8.31. The second kappa shape index (κ2) is 7.49. The lowest BCUT2D eigenvalue weighted by Gasteiger charge is -2.34. The molecule has 1 aromatic carbocycles. The summed E-state index contributed by atoms with van der Waals surface area (Å²) >= 11 is 0. The zero-order valence-corrected chi connectivity index (χ0v) is 15.5. The van der Waals surface area contributed by atoms with Gasteiger partial charge in [-0.1, -0.05) is 5.16 Å². The van der Waals surface area contributed by atoms with Crippen LogP contribution in [0, 0.1) is 6.92 Å². The Balaban J connectivity index is 1.62. The average Bonchev–Trinajstić information content (AvgIpc) is 3.06. The molecule has 144 valence electrons. The van der Waals surface area contributed by atoms with Crippen molar-refractivity contribution >= 4 is 21.9 Å². The number of aromatic nitrogens is 1. The highest BCUT2D eigenvalue weighted by atomic mass is 32.2. The van der Waals surface area contributed by atoms with E-state index in [9.17, 15) is 18.0 Å². The lowest BCUT2D eigenvalue weighted by Crippen LogP contribution is -2.50. The minimum Gasteiger partial charge on any atom is -0.478 e. The molecular formula is C17H19N3O6S. The number of hydrogen-bond donors (Lipinski definition) is 1. The highest BCUT2D eigenvalue weighted by molar-refractivity contribution is 7.89. The monoisotopic (exact) mass is 393 g/mol. The number of nitrogens with zero attached hydrogens (tertiary/aromatic N) is 3. The zero-order valence-electron chi connectivity index (χ0n) is 14.7. The number of hydrogen-bond acceptors (Lipinski definition) is 6. The summed E-state index contributed by atoms with van der Waals surface area (Å²) in [6.45, 7) is 2.65. The molecule has 1 fully saturated rings. The molecule has 0 bridgehead atoms. The van der Waals surface area contributed by atoms with Gasteiger partial charge in [-0.2, -0.15) is 4.31 Å². The Morgan fingerprint density at radius 3 is 2.30 bits per heavy atom. The Bertz CT molecular complexity index is 943. The van der Waals surface area contributed by atoms with Crippen molar-refractivity contribution in [3.63, 3.8) is 0 Å². The number of carboxylic acids is 1. The maximum Gasteiger partial charge on any atom is 0.335 e. The van der Waals surface area contributed by atoms with Gasteiger partial charge in [-0.25, -0.2) is 13.2 Å². The highest BCUT2D eigenvalue weighted by Crippen LogP contribution is 2.19. The second-order valence-corrected chi connectivity index (χ2v) is 8.16. The van der Waals surface area contributed by atoms with Gasteiger partial charge < -0.3 is 14.5 Å². The van der Waals surface area contributed by atoms with Crippen molar-refractivity contribution in [3.05, 3.63) is 47.3 Å². The molecule has 2 heterocycles. The highest BCUT2D eigenvalue weighted by Gasteiger charge is 2.30. The van der Waals surface area contributed by atoms with Crippen LogP contribution in [0.3, 0.4) is 0 Å². The Morgan fingerprint density at radius 2 is 1.78 bits per heavy atom. The molecule has 1 aliphatic heterocycles. The van der Waals surface area contributed by atoms with Crippen LogP contribution in [0.1, 0.15) is 21.8 Å². The van der Waals surface area contributed by atoms with E-state index in [-0.39, 0.29) is 49.0 Å². The zero-order chi connectivity index (χ0) is 19.6. The van der Waals surface area contributed by atoms with Crippen molar-refractivity contribution in [2.45, 2.75) is 18.2 Å². The first kappa shape index (κ1) is 19.1. The van der Waals surface area contributed by atoms with Crippen LogP contribution >= 0.6 is 0 Å². The average molecular weight is 393 g/mol. The summed E-state index contributed by atoms with van der Waals surface area (Å²) in [7, 11) is -3.73. The van der Waals surface area contributed by atoms with Crippen molar-refractivity contribution in [1.82, 2.24) is 14.4 Å². The molecule has 0 radical (unpaired) electrons. The minimum absolute atomic E-state index is 0.0208. The molecule has 1 N–H and O–H groups in total. The number of aryl methyl sites for hydroxylation is 1. The van der Waals surface area contributed by atoms with Crippen molar-refractivity contribution < 1.29 is 27.6 Å². The second-order valence-electron chi connectivity index (χ2n) is 6.22. The van der Waals surface area contributed by atoms with E-state index in [0.29, 0.717) is 11.5 Å². The summed E-state index contributed by atoms with van der Waals surface area (Å²) in [4.78, 5) is 24.8. The van der Waals surface area contributed by atoms with E-state index in [2.05, 4.69) is 5.16 Å². The van der Waals surface area contributed by atoms with Gasteiger partial charge in [-0.3, -0.25) is 4.79 Å². The molecule has 9 nitrogen and oxygen atoms in total. The lowest BCUT2D eigenvalue weighted by molar-refractivity contribution is -0.131. The standard InChI is InChI=1S/C17H19N3O6S/c1-12-10-14(18-26-12)11-16(21)19-6-8-20(9-7-19)27(24,25)15-4-2-13(3-5-15)17(22)23/h2-5,10H,6-9,11H2,1H3,(H,22,23). The Kier molecular flexibility index (Phi) is 5.29. The summed E-state index contributed by atoms with van der Waals surface area (Å²) in [6, 6.07) is 6.77. The SMILES string of the molecule is Cc1cc(CC(=O)N2CCN(S(=O)(=O)c3ccc(C(=O)O)cc3)CC2)no1. The van der Waals surface area contributed by atoms with Crippen LogP contribution in [0.15, 0.2) is 39.8 Å². The lowest BCUT2D eigenvalue weighted by atomic mass is 10.2. The number of aromatic carboxylic acids is 1. The van der Waals surface area contributed by atoms with Gasteiger partial charge >= 0.3 is 5.97 Å². The molecule has 1 amide bonds. The quantitative estimate of drug-likeness (QED) is 0.796. The van der Waals surface area contributed by atoms with Crippen LogP contribution in [-0.2, 0) is 21.2 Å². The van der Waals surface area contributed by atoms with Gasteiger partial charge in [0.25, 0.3) is 0 Å². The molecule has 3 rings (SSSR count). The Hall–Kier alpha value is -2.72.